The second-order valence-corrected chi connectivity index (χ2v) is 4.63. The number of hydrogen-bond acceptors (Lipinski definition) is 2. The van der Waals surface area contributed by atoms with Gasteiger partial charge in [0.05, 0.1) is 6.04 Å². The van der Waals surface area contributed by atoms with Crippen LogP contribution in [-0.4, -0.2) is 11.9 Å². The van der Waals surface area contributed by atoms with Crippen LogP contribution in [0.1, 0.15) is 31.7 Å². The Bertz CT molecular complexity index is 393. The van der Waals surface area contributed by atoms with Gasteiger partial charge in [0.1, 0.15) is 0 Å². The van der Waals surface area contributed by atoms with E-state index in [9.17, 15) is 4.79 Å². The van der Waals surface area contributed by atoms with Gasteiger partial charge in [0, 0.05) is 10.7 Å². The second-order valence-electron chi connectivity index (χ2n) is 4.20. The lowest BCUT2D eigenvalue weighted by Crippen LogP contribution is -2.35. The Balaban J connectivity index is 2.64. The smallest absolute Gasteiger partial charge is 0.241 e. The Hall–Kier alpha value is -1.06. The van der Waals surface area contributed by atoms with E-state index in [1.54, 1.807) is 12.1 Å². The number of nitrogens with two attached hydrogens (primary N) is 1. The maximum atomic E-state index is 11.8. The third kappa shape index (κ3) is 4.36. The van der Waals surface area contributed by atoms with Crippen LogP contribution in [0.25, 0.3) is 0 Å². The van der Waals surface area contributed by atoms with E-state index in [4.69, 9.17) is 17.3 Å². The standard InChI is InChI=1S/C13H19ClN2O/c1-3-4-5-11(15)13(17)16-12-8-10(14)7-6-9(12)2/h6-8,11H,3-5,15H2,1-2H3,(H,16,17). The van der Waals surface area contributed by atoms with Gasteiger partial charge in [0.2, 0.25) is 5.91 Å². The summed E-state index contributed by atoms with van der Waals surface area (Å²) >= 11 is 5.88. The Morgan fingerprint density at radius 3 is 2.88 bits per heavy atom. The van der Waals surface area contributed by atoms with Gasteiger partial charge in [-0.25, -0.2) is 0 Å². The summed E-state index contributed by atoms with van der Waals surface area (Å²) in [4.78, 5) is 11.8. The fourth-order valence-electron chi connectivity index (χ4n) is 1.51. The summed E-state index contributed by atoms with van der Waals surface area (Å²) in [6.07, 6.45) is 2.71. The minimum absolute atomic E-state index is 0.149. The molecule has 3 N–H and O–H groups in total. The Morgan fingerprint density at radius 2 is 2.24 bits per heavy atom. The third-order valence-corrected chi connectivity index (χ3v) is 2.90. The van der Waals surface area contributed by atoms with E-state index >= 15 is 0 Å². The first-order valence-electron chi connectivity index (χ1n) is 5.87. The number of carbonyl (C=O) groups is 1. The van der Waals surface area contributed by atoms with Crippen molar-refractivity contribution in [2.24, 2.45) is 5.73 Å². The van der Waals surface area contributed by atoms with Crippen molar-refractivity contribution in [1.29, 1.82) is 0 Å². The van der Waals surface area contributed by atoms with E-state index in [2.05, 4.69) is 12.2 Å². The number of benzene rings is 1. The summed E-state index contributed by atoms with van der Waals surface area (Å²) < 4.78 is 0. The van der Waals surface area contributed by atoms with E-state index in [1.165, 1.54) is 0 Å². The number of hydrogen-bond donors (Lipinski definition) is 2. The molecule has 94 valence electrons. The van der Waals surface area contributed by atoms with Crippen LogP contribution in [0.5, 0.6) is 0 Å². The van der Waals surface area contributed by atoms with Gasteiger partial charge >= 0.3 is 0 Å². The van der Waals surface area contributed by atoms with Gasteiger partial charge < -0.3 is 11.1 Å². The number of rotatable bonds is 5. The van der Waals surface area contributed by atoms with E-state index < -0.39 is 6.04 Å². The highest BCUT2D eigenvalue weighted by Gasteiger charge is 2.13. The molecular weight excluding hydrogens is 236 g/mol. The SMILES string of the molecule is CCCCC(N)C(=O)Nc1cc(Cl)ccc1C. The lowest BCUT2D eigenvalue weighted by molar-refractivity contribution is -0.117. The van der Waals surface area contributed by atoms with Crippen LogP contribution in [0.4, 0.5) is 5.69 Å². The molecule has 4 heteroatoms. The average Bonchev–Trinajstić information content (AvgIpc) is 2.30. The van der Waals surface area contributed by atoms with Gasteiger partial charge in [-0.2, -0.15) is 0 Å². The zero-order chi connectivity index (χ0) is 12.8. The Morgan fingerprint density at radius 1 is 1.53 bits per heavy atom. The van der Waals surface area contributed by atoms with Gasteiger partial charge in [-0.15, -0.1) is 0 Å². The zero-order valence-corrected chi connectivity index (χ0v) is 11.1. The van der Waals surface area contributed by atoms with E-state index in [1.807, 2.05) is 13.0 Å². The molecule has 0 spiro atoms. The first-order chi connectivity index (χ1) is 8.04. The number of aryl methyl sites for hydroxylation is 1. The monoisotopic (exact) mass is 254 g/mol. The van der Waals surface area contributed by atoms with Gasteiger partial charge in [0.15, 0.2) is 0 Å². The van der Waals surface area contributed by atoms with Gasteiger partial charge in [-0.3, -0.25) is 4.79 Å². The highest BCUT2D eigenvalue weighted by atomic mass is 35.5. The number of anilines is 1. The second kappa shape index (κ2) is 6.62. The predicted octanol–water partition coefficient (Wildman–Crippen LogP) is 3.10. The molecule has 1 rings (SSSR count). The summed E-state index contributed by atoms with van der Waals surface area (Å²) in [5.74, 6) is -0.149. The minimum Gasteiger partial charge on any atom is -0.324 e. The maximum absolute atomic E-state index is 11.8. The first-order valence-corrected chi connectivity index (χ1v) is 6.25. The molecule has 17 heavy (non-hydrogen) atoms. The topological polar surface area (TPSA) is 55.1 Å². The molecule has 0 aromatic heterocycles. The molecule has 1 unspecified atom stereocenters. The highest BCUT2D eigenvalue weighted by molar-refractivity contribution is 6.31. The molecule has 0 saturated carbocycles. The molecule has 1 atom stereocenters. The highest BCUT2D eigenvalue weighted by Crippen LogP contribution is 2.20. The van der Waals surface area contributed by atoms with E-state index in [0.717, 1.165) is 24.1 Å². The molecule has 0 aliphatic heterocycles. The third-order valence-electron chi connectivity index (χ3n) is 2.66. The van der Waals surface area contributed by atoms with Gasteiger partial charge in [-0.05, 0) is 31.0 Å². The molecule has 0 heterocycles. The van der Waals surface area contributed by atoms with Crippen LogP contribution in [0.15, 0.2) is 18.2 Å². The molecular formula is C13H19ClN2O. The van der Waals surface area contributed by atoms with Crippen LogP contribution >= 0.6 is 11.6 Å². The molecule has 0 saturated heterocycles. The summed E-state index contributed by atoms with van der Waals surface area (Å²) in [7, 11) is 0. The quantitative estimate of drug-likeness (QED) is 0.848. The number of amides is 1. The summed E-state index contributed by atoms with van der Waals surface area (Å²) in [5, 5.41) is 3.42. The molecule has 0 radical (unpaired) electrons. The number of unbranched alkanes of at least 4 members (excludes halogenated alkanes) is 1. The molecule has 1 amide bonds. The predicted molar refractivity (Wildman–Crippen MR) is 72.3 cm³/mol. The molecule has 1 aromatic rings. The van der Waals surface area contributed by atoms with Crippen molar-refractivity contribution in [2.45, 2.75) is 39.2 Å². The minimum atomic E-state index is -0.451. The lowest BCUT2D eigenvalue weighted by Gasteiger charge is -2.13. The summed E-state index contributed by atoms with van der Waals surface area (Å²) in [5.41, 5.74) is 7.50. The van der Waals surface area contributed by atoms with E-state index in [-0.39, 0.29) is 5.91 Å². The fourth-order valence-corrected chi connectivity index (χ4v) is 1.68. The molecule has 1 aromatic carbocycles. The van der Waals surface area contributed by atoms with Crippen molar-refractivity contribution in [1.82, 2.24) is 0 Å². The zero-order valence-electron chi connectivity index (χ0n) is 10.3. The van der Waals surface area contributed by atoms with Crippen LogP contribution in [0.3, 0.4) is 0 Å². The summed E-state index contributed by atoms with van der Waals surface area (Å²) in [6.45, 7) is 4.00. The molecule has 3 nitrogen and oxygen atoms in total. The Kier molecular flexibility index (Phi) is 5.45. The average molecular weight is 255 g/mol. The van der Waals surface area contributed by atoms with Crippen molar-refractivity contribution in [3.63, 3.8) is 0 Å². The number of halogens is 1. The van der Waals surface area contributed by atoms with Crippen LogP contribution in [0.2, 0.25) is 5.02 Å². The van der Waals surface area contributed by atoms with Crippen LogP contribution in [-0.2, 0) is 4.79 Å². The lowest BCUT2D eigenvalue weighted by atomic mass is 10.1. The van der Waals surface area contributed by atoms with Crippen molar-refractivity contribution in [3.8, 4) is 0 Å². The van der Waals surface area contributed by atoms with Gasteiger partial charge in [-0.1, -0.05) is 37.4 Å². The normalized spacial score (nSPS) is 12.2. The Labute approximate surface area is 107 Å². The van der Waals surface area contributed by atoms with Crippen LogP contribution in [0, 0.1) is 6.92 Å². The molecule has 0 aliphatic carbocycles. The largest absolute Gasteiger partial charge is 0.324 e. The molecule has 0 bridgehead atoms. The molecule has 0 aliphatic rings. The summed E-state index contributed by atoms with van der Waals surface area (Å²) in [6, 6.07) is 4.95. The van der Waals surface area contributed by atoms with Crippen molar-refractivity contribution < 1.29 is 4.79 Å². The van der Waals surface area contributed by atoms with Crippen LogP contribution < -0.4 is 11.1 Å². The fraction of sp³-hybridized carbons (Fsp3) is 0.462. The van der Waals surface area contributed by atoms with Crippen molar-refractivity contribution in [2.75, 3.05) is 5.32 Å². The molecule has 0 fully saturated rings. The van der Waals surface area contributed by atoms with Gasteiger partial charge in [0.25, 0.3) is 0 Å². The van der Waals surface area contributed by atoms with Crippen molar-refractivity contribution >= 4 is 23.2 Å². The van der Waals surface area contributed by atoms with E-state index in [0.29, 0.717) is 11.4 Å². The number of carbonyl (C=O) groups excluding carboxylic acids is 1. The maximum Gasteiger partial charge on any atom is 0.241 e. The number of nitrogens with one attached hydrogen (secondary N) is 1. The van der Waals surface area contributed by atoms with Crippen molar-refractivity contribution in [3.05, 3.63) is 28.8 Å². The first kappa shape index (κ1) is 14.0.